The van der Waals surface area contributed by atoms with Crippen LogP contribution in [0.4, 0.5) is 19.3 Å². The molecule has 22 heteroatoms. The average molecular weight is 909 g/mol. The molecule has 0 bridgehead atoms. The van der Waals surface area contributed by atoms with Crippen LogP contribution in [0.3, 0.4) is 0 Å². The summed E-state index contributed by atoms with van der Waals surface area (Å²) in [5.74, 6) is -7.52. The molecule has 0 saturated carbocycles. The molecule has 3 aliphatic rings. The third kappa shape index (κ3) is 11.7. The van der Waals surface area contributed by atoms with Gasteiger partial charge < -0.3 is 40.7 Å². The van der Waals surface area contributed by atoms with Crippen LogP contribution in [0, 0.1) is 23.5 Å². The Balaban J connectivity index is 1.51. The monoisotopic (exact) mass is 908 g/mol. The molecule has 3 saturated heterocycles. The van der Waals surface area contributed by atoms with Crippen LogP contribution < -0.4 is 26.0 Å². The van der Waals surface area contributed by atoms with E-state index in [2.05, 4.69) is 26.0 Å². The van der Waals surface area contributed by atoms with E-state index in [1.54, 1.807) is 13.8 Å². The molecule has 0 radical (unpaired) electrons. The number of carbonyl (C=O) groups excluding carboxylic acids is 7. The zero-order chi connectivity index (χ0) is 45.6. The second-order valence-electron chi connectivity index (χ2n) is 15.9. The summed E-state index contributed by atoms with van der Waals surface area (Å²) in [6.45, 7) is 5.02. The average Bonchev–Trinajstić information content (AvgIpc) is 3.81. The fourth-order valence-corrected chi connectivity index (χ4v) is 8.46. The molecule has 338 valence electrons. The minimum Gasteiger partial charge on any atom is -0.461 e. The van der Waals surface area contributed by atoms with E-state index in [1.165, 1.54) is 61.0 Å². The SMILES string of the molecule is CCS(=O)(=O)NC[C@H]1C(=O)N[C@@H](C)C(=O)N2C[C@H](C)C[C@H]2C(=O)OC[C@H](NC(=O)[C@H](Cc2cccc(F)c2)NC(=O)Nc2ccc(Cl)cc2F)C(=O)N2CC(C)C[C@H]2C(=O)N1C. The molecule has 2 aromatic carbocycles. The van der Waals surface area contributed by atoms with Crippen molar-refractivity contribution in [1.29, 1.82) is 0 Å². The Labute approximate surface area is 362 Å². The third-order valence-corrected chi connectivity index (χ3v) is 12.6. The number of rotatable bonds is 10. The van der Waals surface area contributed by atoms with Crippen molar-refractivity contribution in [3.8, 4) is 0 Å². The second kappa shape index (κ2) is 20.2. The minimum absolute atomic E-state index is 0.0256. The van der Waals surface area contributed by atoms with Gasteiger partial charge in [-0.05, 0) is 74.4 Å². The molecule has 8 atom stereocenters. The predicted octanol–water partition coefficient (Wildman–Crippen LogP) is 1.14. The summed E-state index contributed by atoms with van der Waals surface area (Å²) in [7, 11) is -2.62. The number of nitrogens with zero attached hydrogens (tertiary/aromatic N) is 3. The summed E-state index contributed by atoms with van der Waals surface area (Å²) in [6.07, 6.45) is -0.100. The van der Waals surface area contributed by atoms with E-state index in [0.29, 0.717) is 0 Å². The van der Waals surface area contributed by atoms with Crippen molar-refractivity contribution < 1.29 is 55.5 Å². The first-order valence-corrected chi connectivity index (χ1v) is 22.1. The Morgan fingerprint density at radius 1 is 0.935 bits per heavy atom. The summed E-state index contributed by atoms with van der Waals surface area (Å²) >= 11 is 5.84. The highest BCUT2D eigenvalue weighted by Crippen LogP contribution is 2.28. The van der Waals surface area contributed by atoms with Gasteiger partial charge in [-0.15, -0.1) is 0 Å². The highest BCUT2D eigenvalue weighted by Gasteiger charge is 2.46. The Morgan fingerprint density at radius 2 is 1.60 bits per heavy atom. The number of sulfonamides is 1. The largest absolute Gasteiger partial charge is 0.461 e. The number of ether oxygens (including phenoxy) is 1. The highest BCUT2D eigenvalue weighted by molar-refractivity contribution is 7.89. The maximum atomic E-state index is 14.6. The first kappa shape index (κ1) is 47.6. The van der Waals surface area contributed by atoms with Gasteiger partial charge in [0.05, 0.1) is 11.4 Å². The van der Waals surface area contributed by atoms with Crippen molar-refractivity contribution in [2.45, 2.75) is 83.2 Å². The number of nitrogens with one attached hydrogen (secondary N) is 5. The van der Waals surface area contributed by atoms with Crippen molar-refractivity contribution in [3.05, 3.63) is 64.7 Å². The fraction of sp³-hybridized carbons (Fsp3) is 0.525. The zero-order valence-electron chi connectivity index (χ0n) is 34.8. The predicted molar refractivity (Wildman–Crippen MR) is 221 cm³/mol. The molecule has 2 aromatic rings. The summed E-state index contributed by atoms with van der Waals surface area (Å²) in [6, 6.07) is -0.882. The molecule has 0 aromatic heterocycles. The van der Waals surface area contributed by atoms with E-state index in [9.17, 15) is 50.8 Å². The molecule has 3 heterocycles. The van der Waals surface area contributed by atoms with Crippen molar-refractivity contribution >= 4 is 68.8 Å². The maximum absolute atomic E-state index is 14.6. The van der Waals surface area contributed by atoms with E-state index in [1.807, 2.05) is 0 Å². The number of hydrogen-bond donors (Lipinski definition) is 5. The quantitative estimate of drug-likeness (QED) is 0.214. The van der Waals surface area contributed by atoms with Crippen LogP contribution >= 0.6 is 11.6 Å². The molecule has 3 fully saturated rings. The fourth-order valence-electron chi connectivity index (χ4n) is 7.68. The van der Waals surface area contributed by atoms with Crippen LogP contribution in [-0.4, -0.2) is 140 Å². The molecule has 0 aliphatic carbocycles. The summed E-state index contributed by atoms with van der Waals surface area (Å²) in [5.41, 5.74) is -0.0407. The van der Waals surface area contributed by atoms with Crippen molar-refractivity contribution in [2.75, 3.05) is 44.4 Å². The number of hydrogen-bond acceptors (Lipinski definition) is 10. The van der Waals surface area contributed by atoms with Gasteiger partial charge in [-0.1, -0.05) is 37.6 Å². The van der Waals surface area contributed by atoms with Gasteiger partial charge in [0.2, 0.25) is 39.6 Å². The molecule has 3 aliphatic heterocycles. The smallest absolute Gasteiger partial charge is 0.328 e. The topological polar surface area (TPSA) is 233 Å². The van der Waals surface area contributed by atoms with E-state index >= 15 is 0 Å². The number of cyclic esters (lactones) is 1. The van der Waals surface area contributed by atoms with Crippen LogP contribution in [0.2, 0.25) is 5.02 Å². The van der Waals surface area contributed by atoms with Gasteiger partial charge in [-0.25, -0.2) is 31.5 Å². The number of amides is 7. The van der Waals surface area contributed by atoms with E-state index in [4.69, 9.17) is 16.3 Å². The standard InChI is InChI=1S/C40H51ClF2N8O10S/c1-6-62(59,60)44-17-33-35(53)45-23(4)36(54)51-19-22(3)13-32(51)39(57)61-20-30(37(55)50-18-21(2)12-31(50)38(56)49(33)5)46-34(52)29(15-24-8-7-9-26(42)14-24)48-40(58)47-28-11-10-25(41)16-27(28)43/h7-11,14,16,21-23,29-33,44H,6,12-13,15,17-20H2,1-5H3,(H,45,53)(H,46,52)(H2,47,48,58)/t21?,22-,23+,29+,30+,31+,32+,33+/m1/s1. The van der Waals surface area contributed by atoms with E-state index < -0.39 is 113 Å². The van der Waals surface area contributed by atoms with Gasteiger partial charge in [0, 0.05) is 38.1 Å². The summed E-state index contributed by atoms with van der Waals surface area (Å²) in [5, 5.41) is 9.85. The van der Waals surface area contributed by atoms with Crippen molar-refractivity contribution in [3.63, 3.8) is 0 Å². The molecule has 62 heavy (non-hydrogen) atoms. The lowest BCUT2D eigenvalue weighted by Crippen LogP contribution is -2.62. The van der Waals surface area contributed by atoms with Crippen LogP contribution in [0.25, 0.3) is 0 Å². The molecular weight excluding hydrogens is 858 g/mol. The van der Waals surface area contributed by atoms with Gasteiger partial charge in [0.1, 0.15) is 54.5 Å². The normalized spacial score (nSPS) is 25.7. The Bertz CT molecular complexity index is 2190. The molecule has 7 amide bonds. The van der Waals surface area contributed by atoms with Crippen molar-refractivity contribution in [2.24, 2.45) is 11.8 Å². The molecule has 0 spiro atoms. The number of fused-ring (bicyclic) bond motifs is 2. The first-order valence-electron chi connectivity index (χ1n) is 20.1. The molecule has 5 N–H and O–H groups in total. The van der Waals surface area contributed by atoms with Gasteiger partial charge in [-0.3, -0.25) is 24.0 Å². The first-order chi connectivity index (χ1) is 29.2. The van der Waals surface area contributed by atoms with Crippen LogP contribution in [-0.2, 0) is 49.9 Å². The van der Waals surface area contributed by atoms with Crippen LogP contribution in [0.1, 0.15) is 46.1 Å². The Kier molecular flexibility index (Phi) is 15.5. The van der Waals surface area contributed by atoms with Gasteiger partial charge >= 0.3 is 12.0 Å². The summed E-state index contributed by atoms with van der Waals surface area (Å²) < 4.78 is 61.9. The number of halogens is 3. The second-order valence-corrected chi connectivity index (χ2v) is 18.5. The molecule has 5 rings (SSSR count). The Hall–Kier alpha value is -5.41. The highest BCUT2D eigenvalue weighted by atomic mass is 35.5. The van der Waals surface area contributed by atoms with Gasteiger partial charge in [-0.2, -0.15) is 0 Å². The van der Waals surface area contributed by atoms with E-state index in [0.717, 1.165) is 17.0 Å². The number of carbonyl (C=O) groups is 7. The molecule has 18 nitrogen and oxygen atoms in total. The van der Waals surface area contributed by atoms with Gasteiger partial charge in [0.15, 0.2) is 0 Å². The van der Waals surface area contributed by atoms with Crippen molar-refractivity contribution in [1.82, 2.24) is 35.4 Å². The number of urea groups is 1. The zero-order valence-corrected chi connectivity index (χ0v) is 36.4. The van der Waals surface area contributed by atoms with Gasteiger partial charge in [0.25, 0.3) is 0 Å². The lowest BCUT2D eigenvalue weighted by Gasteiger charge is -2.35. The van der Waals surface area contributed by atoms with Crippen LogP contribution in [0.15, 0.2) is 42.5 Å². The Morgan fingerprint density at radius 3 is 2.24 bits per heavy atom. The maximum Gasteiger partial charge on any atom is 0.328 e. The number of likely N-dealkylation sites (N-methyl/N-ethyl adjacent to an activating group) is 1. The lowest BCUT2D eigenvalue weighted by molar-refractivity contribution is -0.158. The third-order valence-electron chi connectivity index (χ3n) is 11.0. The molecular formula is C40H51ClF2N8O10S. The van der Waals surface area contributed by atoms with Crippen LogP contribution in [0.5, 0.6) is 0 Å². The molecule has 1 unspecified atom stereocenters. The number of benzene rings is 2. The van der Waals surface area contributed by atoms with E-state index in [-0.39, 0.29) is 66.2 Å². The number of esters is 1. The lowest BCUT2D eigenvalue weighted by atomic mass is 10.0. The minimum atomic E-state index is -3.88. The number of anilines is 1. The summed E-state index contributed by atoms with van der Waals surface area (Å²) in [4.78, 5) is 101.